The summed E-state index contributed by atoms with van der Waals surface area (Å²) >= 11 is 11.3. The van der Waals surface area contributed by atoms with E-state index in [0.29, 0.717) is 22.3 Å². The summed E-state index contributed by atoms with van der Waals surface area (Å²) in [6, 6.07) is 6.92. The van der Waals surface area contributed by atoms with Crippen LogP contribution in [0.3, 0.4) is 0 Å². The number of esters is 1. The molecular formula is C16H17ClN2O2S. The van der Waals surface area contributed by atoms with Gasteiger partial charge in [0.25, 0.3) is 0 Å². The zero-order chi connectivity index (χ0) is 16.3. The summed E-state index contributed by atoms with van der Waals surface area (Å²) in [5.41, 5.74) is 2.18. The van der Waals surface area contributed by atoms with Crippen LogP contribution in [0.4, 0.5) is 0 Å². The maximum atomic E-state index is 12.2. The summed E-state index contributed by atoms with van der Waals surface area (Å²) in [6.07, 6.45) is 1.73. The zero-order valence-corrected chi connectivity index (χ0v) is 14.0. The highest BCUT2D eigenvalue weighted by molar-refractivity contribution is 7.80. The van der Waals surface area contributed by atoms with Gasteiger partial charge in [0.05, 0.1) is 18.7 Å². The second-order valence-corrected chi connectivity index (χ2v) is 5.65. The summed E-state index contributed by atoms with van der Waals surface area (Å²) < 4.78 is 4.94. The molecule has 22 heavy (non-hydrogen) atoms. The summed E-state index contributed by atoms with van der Waals surface area (Å²) in [5, 5.41) is 4.37. The molecule has 0 spiro atoms. The van der Waals surface area contributed by atoms with E-state index in [4.69, 9.17) is 28.6 Å². The van der Waals surface area contributed by atoms with Crippen LogP contribution in [0.1, 0.15) is 18.5 Å². The molecule has 0 saturated carbocycles. The van der Waals surface area contributed by atoms with Gasteiger partial charge in [0, 0.05) is 17.3 Å². The van der Waals surface area contributed by atoms with Gasteiger partial charge in [0.15, 0.2) is 5.11 Å². The lowest BCUT2D eigenvalue weighted by Gasteiger charge is -2.37. The highest BCUT2D eigenvalue weighted by atomic mass is 35.5. The van der Waals surface area contributed by atoms with Crippen LogP contribution in [0, 0.1) is 0 Å². The van der Waals surface area contributed by atoms with Crippen molar-refractivity contribution in [2.45, 2.75) is 13.0 Å². The van der Waals surface area contributed by atoms with Gasteiger partial charge in [-0.05, 0) is 36.8 Å². The van der Waals surface area contributed by atoms with Crippen molar-refractivity contribution in [1.29, 1.82) is 0 Å². The third kappa shape index (κ3) is 3.15. The average molecular weight is 337 g/mol. The van der Waals surface area contributed by atoms with Crippen molar-refractivity contribution in [1.82, 2.24) is 10.2 Å². The van der Waals surface area contributed by atoms with E-state index in [2.05, 4.69) is 11.9 Å². The number of hydrogen-bond acceptors (Lipinski definition) is 3. The van der Waals surface area contributed by atoms with Crippen LogP contribution >= 0.6 is 23.8 Å². The average Bonchev–Trinajstić information content (AvgIpc) is 2.51. The van der Waals surface area contributed by atoms with Crippen LogP contribution in [0.25, 0.3) is 0 Å². The molecule has 1 aliphatic rings. The standard InChI is InChI=1S/C16H17ClN2O2S/c1-4-9-19-10(2)13(15(20)21-3)14(18-16(19)22)11-5-7-12(17)8-6-11/h4-8,14H,1,9H2,2-3H3,(H,18,22)/t14-/m0/s1. The van der Waals surface area contributed by atoms with Crippen LogP contribution in [-0.4, -0.2) is 29.6 Å². The number of carbonyl (C=O) groups is 1. The lowest BCUT2D eigenvalue weighted by Crippen LogP contribution is -2.47. The monoisotopic (exact) mass is 336 g/mol. The molecule has 0 aromatic heterocycles. The van der Waals surface area contributed by atoms with Crippen molar-refractivity contribution < 1.29 is 9.53 Å². The zero-order valence-electron chi connectivity index (χ0n) is 12.4. The van der Waals surface area contributed by atoms with E-state index in [-0.39, 0.29) is 12.0 Å². The molecule has 4 nitrogen and oxygen atoms in total. The fraction of sp³-hybridized carbons (Fsp3) is 0.250. The van der Waals surface area contributed by atoms with Gasteiger partial charge in [0.2, 0.25) is 0 Å². The molecule has 2 rings (SSSR count). The predicted octanol–water partition coefficient (Wildman–Crippen LogP) is 3.20. The molecule has 1 heterocycles. The number of nitrogens with one attached hydrogen (secondary N) is 1. The first-order valence-corrected chi connectivity index (χ1v) is 7.51. The number of thiocarbonyl (C=S) groups is 1. The Morgan fingerprint density at radius 3 is 2.68 bits per heavy atom. The summed E-state index contributed by atoms with van der Waals surface area (Å²) in [6.45, 7) is 6.09. The van der Waals surface area contributed by atoms with E-state index in [1.807, 2.05) is 24.0 Å². The maximum Gasteiger partial charge on any atom is 0.337 e. The molecule has 1 aromatic rings. The van der Waals surface area contributed by atoms with Crippen molar-refractivity contribution in [3.63, 3.8) is 0 Å². The number of methoxy groups -OCH3 is 1. The topological polar surface area (TPSA) is 41.6 Å². The molecule has 0 saturated heterocycles. The first-order valence-electron chi connectivity index (χ1n) is 6.73. The van der Waals surface area contributed by atoms with Crippen molar-refractivity contribution in [2.24, 2.45) is 0 Å². The van der Waals surface area contributed by atoms with Crippen LogP contribution in [0.2, 0.25) is 5.02 Å². The van der Waals surface area contributed by atoms with E-state index in [9.17, 15) is 4.79 Å². The van der Waals surface area contributed by atoms with Crippen molar-refractivity contribution >= 4 is 34.9 Å². The Morgan fingerprint density at radius 1 is 1.50 bits per heavy atom. The smallest absolute Gasteiger partial charge is 0.337 e. The second kappa shape index (κ2) is 6.94. The minimum Gasteiger partial charge on any atom is -0.466 e. The Bertz CT molecular complexity index is 640. The quantitative estimate of drug-likeness (QED) is 0.519. The fourth-order valence-corrected chi connectivity index (χ4v) is 2.87. The lowest BCUT2D eigenvalue weighted by molar-refractivity contribution is -0.136. The number of nitrogens with zero attached hydrogens (tertiary/aromatic N) is 1. The molecule has 0 fully saturated rings. The van der Waals surface area contributed by atoms with Gasteiger partial charge in [0.1, 0.15) is 0 Å². The summed E-state index contributed by atoms with van der Waals surface area (Å²) in [5.74, 6) is -0.387. The van der Waals surface area contributed by atoms with Gasteiger partial charge in [-0.15, -0.1) is 6.58 Å². The van der Waals surface area contributed by atoms with E-state index < -0.39 is 0 Å². The molecule has 1 N–H and O–H groups in total. The first-order chi connectivity index (χ1) is 10.5. The summed E-state index contributed by atoms with van der Waals surface area (Å²) in [7, 11) is 1.37. The Morgan fingerprint density at radius 2 is 2.14 bits per heavy atom. The molecule has 0 bridgehead atoms. The van der Waals surface area contributed by atoms with Crippen molar-refractivity contribution in [3.05, 3.63) is 58.8 Å². The van der Waals surface area contributed by atoms with Gasteiger partial charge in [-0.3, -0.25) is 0 Å². The third-order valence-corrected chi connectivity index (χ3v) is 4.11. The van der Waals surface area contributed by atoms with E-state index in [1.165, 1.54) is 7.11 Å². The van der Waals surface area contributed by atoms with E-state index >= 15 is 0 Å². The molecule has 0 amide bonds. The SMILES string of the molecule is C=CCN1C(=S)N[C@@H](c2ccc(Cl)cc2)C(C(=O)OC)=C1C. The van der Waals surface area contributed by atoms with Gasteiger partial charge < -0.3 is 15.0 Å². The van der Waals surface area contributed by atoms with E-state index in [1.54, 1.807) is 18.2 Å². The second-order valence-electron chi connectivity index (χ2n) is 4.82. The highest BCUT2D eigenvalue weighted by Gasteiger charge is 2.33. The Labute approximate surface area is 140 Å². The molecule has 0 radical (unpaired) electrons. The number of hydrogen-bond donors (Lipinski definition) is 1. The number of allylic oxidation sites excluding steroid dienone is 1. The molecule has 1 aliphatic heterocycles. The minimum absolute atomic E-state index is 0.363. The molecule has 116 valence electrons. The number of ether oxygens (including phenoxy) is 1. The largest absolute Gasteiger partial charge is 0.466 e. The van der Waals surface area contributed by atoms with Crippen molar-refractivity contribution in [3.8, 4) is 0 Å². The van der Waals surface area contributed by atoms with Gasteiger partial charge in [-0.1, -0.05) is 29.8 Å². The molecule has 0 unspecified atom stereocenters. The number of rotatable bonds is 4. The van der Waals surface area contributed by atoms with Crippen LogP contribution < -0.4 is 5.32 Å². The Kier molecular flexibility index (Phi) is 5.21. The minimum atomic E-state index is -0.387. The summed E-state index contributed by atoms with van der Waals surface area (Å²) in [4.78, 5) is 14.1. The van der Waals surface area contributed by atoms with Gasteiger partial charge in [-0.25, -0.2) is 4.79 Å². The Hall–Kier alpha value is -1.85. The van der Waals surface area contributed by atoms with Crippen molar-refractivity contribution in [2.75, 3.05) is 13.7 Å². The molecule has 1 atom stereocenters. The van der Waals surface area contributed by atoms with Gasteiger partial charge >= 0.3 is 5.97 Å². The molecule has 0 aliphatic carbocycles. The third-order valence-electron chi connectivity index (χ3n) is 3.52. The Balaban J connectivity index is 2.52. The number of halogens is 1. The fourth-order valence-electron chi connectivity index (χ4n) is 2.41. The highest BCUT2D eigenvalue weighted by Crippen LogP contribution is 2.31. The van der Waals surface area contributed by atoms with Crippen LogP contribution in [0.5, 0.6) is 0 Å². The van der Waals surface area contributed by atoms with Gasteiger partial charge in [-0.2, -0.15) is 0 Å². The number of benzene rings is 1. The molecule has 1 aromatic carbocycles. The van der Waals surface area contributed by atoms with Crippen LogP contribution in [0.15, 0.2) is 48.2 Å². The lowest BCUT2D eigenvalue weighted by atomic mass is 9.95. The maximum absolute atomic E-state index is 12.2. The molecular weight excluding hydrogens is 320 g/mol. The first kappa shape index (κ1) is 16.5. The normalized spacial score (nSPS) is 18.0. The molecule has 6 heteroatoms. The number of carbonyl (C=O) groups excluding carboxylic acids is 1. The van der Waals surface area contributed by atoms with Crippen LogP contribution in [-0.2, 0) is 9.53 Å². The predicted molar refractivity (Wildman–Crippen MR) is 91.5 cm³/mol. The van der Waals surface area contributed by atoms with E-state index in [0.717, 1.165) is 11.3 Å².